The summed E-state index contributed by atoms with van der Waals surface area (Å²) in [5.41, 5.74) is 7.98. The molecule has 0 unspecified atom stereocenters. The molecule has 1 aliphatic rings. The Balaban J connectivity index is 1.66. The van der Waals surface area contributed by atoms with E-state index in [-0.39, 0.29) is 6.61 Å². The first-order valence-electron chi connectivity index (χ1n) is 10.2. The van der Waals surface area contributed by atoms with E-state index in [1.807, 2.05) is 36.4 Å². The van der Waals surface area contributed by atoms with Crippen molar-refractivity contribution < 1.29 is 13.5 Å². The Morgan fingerprint density at radius 2 is 1.84 bits per heavy atom. The van der Waals surface area contributed by atoms with Crippen LogP contribution in [-0.2, 0) is 36.0 Å². The molecule has 4 rings (SSSR count). The van der Waals surface area contributed by atoms with Gasteiger partial charge in [0, 0.05) is 13.1 Å². The molecule has 5 nitrogen and oxygen atoms in total. The lowest BCUT2D eigenvalue weighted by molar-refractivity contribution is 0.282. The molecular weight excluding hydrogens is 408 g/mol. The maximum Gasteiger partial charge on any atom is 0.211 e. The van der Waals surface area contributed by atoms with Crippen molar-refractivity contribution >= 4 is 10.0 Å². The summed E-state index contributed by atoms with van der Waals surface area (Å²) in [5, 5.41) is 18.8. The molecule has 0 aromatic heterocycles. The van der Waals surface area contributed by atoms with Crippen molar-refractivity contribution in [3.8, 4) is 17.2 Å². The highest BCUT2D eigenvalue weighted by atomic mass is 32.2. The summed E-state index contributed by atoms with van der Waals surface area (Å²) in [6.45, 7) is 0.864. The summed E-state index contributed by atoms with van der Waals surface area (Å²) in [6.07, 6.45) is 2.70. The van der Waals surface area contributed by atoms with Crippen LogP contribution in [0.4, 0.5) is 0 Å². The van der Waals surface area contributed by atoms with Gasteiger partial charge in [0.1, 0.15) is 0 Å². The smallest absolute Gasteiger partial charge is 0.211 e. The zero-order valence-electron chi connectivity index (χ0n) is 17.4. The Labute approximate surface area is 183 Å². The highest BCUT2D eigenvalue weighted by Crippen LogP contribution is 2.29. The van der Waals surface area contributed by atoms with Crippen LogP contribution in [0.15, 0.2) is 60.7 Å². The fourth-order valence-electron chi connectivity index (χ4n) is 4.20. The first-order valence-corrected chi connectivity index (χ1v) is 12.0. The number of benzene rings is 3. The van der Waals surface area contributed by atoms with Crippen LogP contribution in [0, 0.1) is 11.3 Å². The molecule has 1 heterocycles. The van der Waals surface area contributed by atoms with E-state index < -0.39 is 10.0 Å². The van der Waals surface area contributed by atoms with Crippen molar-refractivity contribution in [2.45, 2.75) is 26.0 Å². The minimum absolute atomic E-state index is 0.0579. The lowest BCUT2D eigenvalue weighted by atomic mass is 9.90. The van der Waals surface area contributed by atoms with Crippen LogP contribution in [0.1, 0.15) is 33.4 Å². The van der Waals surface area contributed by atoms with E-state index in [0.29, 0.717) is 25.1 Å². The minimum atomic E-state index is -3.20. The number of aliphatic hydroxyl groups excluding tert-OH is 1. The van der Waals surface area contributed by atoms with E-state index >= 15 is 0 Å². The number of sulfonamides is 1. The van der Waals surface area contributed by atoms with Gasteiger partial charge in [-0.15, -0.1) is 0 Å². The molecule has 0 saturated carbocycles. The van der Waals surface area contributed by atoms with Gasteiger partial charge in [-0.05, 0) is 63.9 Å². The third-order valence-corrected chi connectivity index (χ3v) is 7.11. The van der Waals surface area contributed by atoms with Crippen molar-refractivity contribution in [2.24, 2.45) is 0 Å². The molecule has 3 aromatic rings. The van der Waals surface area contributed by atoms with E-state index in [2.05, 4.69) is 18.2 Å². The Hall–Kier alpha value is -2.98. The minimum Gasteiger partial charge on any atom is -0.392 e. The van der Waals surface area contributed by atoms with Gasteiger partial charge in [-0.25, -0.2) is 8.42 Å². The molecule has 0 aliphatic carbocycles. The molecular formula is C25H24N2O3S. The molecule has 6 heteroatoms. The quantitative estimate of drug-likeness (QED) is 0.668. The summed E-state index contributed by atoms with van der Waals surface area (Å²) >= 11 is 0. The van der Waals surface area contributed by atoms with Gasteiger partial charge >= 0.3 is 0 Å². The number of hydrogen-bond acceptors (Lipinski definition) is 4. The predicted molar refractivity (Wildman–Crippen MR) is 121 cm³/mol. The third-order valence-electron chi connectivity index (χ3n) is 5.86. The van der Waals surface area contributed by atoms with Gasteiger partial charge < -0.3 is 5.11 Å². The molecule has 0 amide bonds. The van der Waals surface area contributed by atoms with E-state index in [1.54, 1.807) is 12.1 Å². The average molecular weight is 433 g/mol. The summed E-state index contributed by atoms with van der Waals surface area (Å²) < 4.78 is 25.4. The molecule has 1 N–H and O–H groups in total. The predicted octanol–water partition coefficient (Wildman–Crippen LogP) is 3.63. The first kappa shape index (κ1) is 21.3. The van der Waals surface area contributed by atoms with Crippen molar-refractivity contribution in [2.75, 3.05) is 12.8 Å². The number of nitriles is 1. The SMILES string of the molecule is CS(=O)(=O)N1CCc2c(Cc3ccc(CO)c(-c4ccc(C#N)cc4)c3)cccc2C1. The number of hydrogen-bond donors (Lipinski definition) is 1. The molecule has 0 saturated heterocycles. The number of aliphatic hydroxyl groups is 1. The molecule has 0 atom stereocenters. The summed E-state index contributed by atoms with van der Waals surface area (Å²) in [5.74, 6) is 0. The van der Waals surface area contributed by atoms with Gasteiger partial charge in [-0.1, -0.05) is 48.5 Å². The standard InChI is InChI=1S/C25H24N2O3S/c1-31(29,30)27-12-11-24-21(3-2-4-22(24)16-27)13-19-7-10-23(17-28)25(14-19)20-8-5-18(15-26)6-9-20/h2-10,14,28H,11-13,16-17H2,1H3. The topological polar surface area (TPSA) is 81.4 Å². The van der Waals surface area contributed by atoms with Gasteiger partial charge in [0.15, 0.2) is 0 Å². The van der Waals surface area contributed by atoms with Crippen LogP contribution < -0.4 is 0 Å². The largest absolute Gasteiger partial charge is 0.392 e. The normalized spacial score (nSPS) is 14.1. The number of rotatable bonds is 5. The zero-order valence-corrected chi connectivity index (χ0v) is 18.2. The Bertz CT molecular complexity index is 1260. The van der Waals surface area contributed by atoms with Crippen molar-refractivity contribution in [1.29, 1.82) is 5.26 Å². The zero-order chi connectivity index (χ0) is 22.0. The van der Waals surface area contributed by atoms with E-state index in [1.165, 1.54) is 21.7 Å². The van der Waals surface area contributed by atoms with Crippen LogP contribution in [0.3, 0.4) is 0 Å². The highest BCUT2D eigenvalue weighted by molar-refractivity contribution is 7.88. The van der Waals surface area contributed by atoms with Gasteiger partial charge in [-0.3, -0.25) is 0 Å². The second kappa shape index (κ2) is 8.64. The summed E-state index contributed by atoms with van der Waals surface area (Å²) in [6, 6.07) is 21.7. The van der Waals surface area contributed by atoms with Crippen molar-refractivity contribution in [3.05, 3.63) is 94.0 Å². The molecule has 3 aromatic carbocycles. The lowest BCUT2D eigenvalue weighted by Crippen LogP contribution is -2.35. The maximum atomic E-state index is 11.9. The molecule has 0 fully saturated rings. The lowest BCUT2D eigenvalue weighted by Gasteiger charge is -2.28. The Morgan fingerprint density at radius 1 is 1.06 bits per heavy atom. The molecule has 0 bridgehead atoms. The Kier molecular flexibility index (Phi) is 5.92. The van der Waals surface area contributed by atoms with E-state index in [0.717, 1.165) is 34.2 Å². The van der Waals surface area contributed by atoms with Crippen molar-refractivity contribution in [3.63, 3.8) is 0 Å². The molecule has 0 spiro atoms. The van der Waals surface area contributed by atoms with E-state index in [9.17, 15) is 13.5 Å². The first-order chi connectivity index (χ1) is 14.9. The summed E-state index contributed by atoms with van der Waals surface area (Å²) in [7, 11) is -3.20. The fourth-order valence-corrected chi connectivity index (χ4v) is 4.99. The van der Waals surface area contributed by atoms with Gasteiger partial charge in [0.05, 0.1) is 24.5 Å². The monoisotopic (exact) mass is 432 g/mol. The van der Waals surface area contributed by atoms with Crippen LogP contribution in [0.25, 0.3) is 11.1 Å². The molecule has 31 heavy (non-hydrogen) atoms. The second-order valence-corrected chi connectivity index (χ2v) is 9.90. The van der Waals surface area contributed by atoms with E-state index in [4.69, 9.17) is 5.26 Å². The highest BCUT2D eigenvalue weighted by Gasteiger charge is 2.24. The van der Waals surface area contributed by atoms with Gasteiger partial charge in [0.2, 0.25) is 10.0 Å². The molecule has 158 valence electrons. The fraction of sp³-hybridized carbons (Fsp3) is 0.240. The molecule has 0 radical (unpaired) electrons. The van der Waals surface area contributed by atoms with Crippen LogP contribution in [0.5, 0.6) is 0 Å². The number of nitrogens with zero attached hydrogens (tertiary/aromatic N) is 2. The second-order valence-electron chi connectivity index (χ2n) is 7.92. The van der Waals surface area contributed by atoms with Crippen LogP contribution in [-0.4, -0.2) is 30.6 Å². The maximum absolute atomic E-state index is 11.9. The van der Waals surface area contributed by atoms with Gasteiger partial charge in [0.25, 0.3) is 0 Å². The third kappa shape index (κ3) is 4.54. The van der Waals surface area contributed by atoms with Crippen molar-refractivity contribution in [1.82, 2.24) is 4.31 Å². The van der Waals surface area contributed by atoms with Gasteiger partial charge in [-0.2, -0.15) is 9.57 Å². The van der Waals surface area contributed by atoms with Crippen LogP contribution >= 0.6 is 0 Å². The Morgan fingerprint density at radius 3 is 2.52 bits per heavy atom. The molecule has 1 aliphatic heterocycles. The number of fused-ring (bicyclic) bond motifs is 1. The summed E-state index contributed by atoms with van der Waals surface area (Å²) in [4.78, 5) is 0. The van der Waals surface area contributed by atoms with Crippen LogP contribution in [0.2, 0.25) is 0 Å². The average Bonchev–Trinajstić information content (AvgIpc) is 2.78.